The van der Waals surface area contributed by atoms with Gasteiger partial charge in [0.25, 0.3) is 5.88 Å². The number of likely N-dealkylation sites (tertiary alicyclic amines) is 2. The lowest BCUT2D eigenvalue weighted by Crippen LogP contribution is -2.57. The molecule has 3 atom stereocenters. The minimum Gasteiger partial charge on any atom is -0.507 e. The summed E-state index contributed by atoms with van der Waals surface area (Å²) >= 11 is 0. The molecule has 17 nitrogen and oxygen atoms in total. The van der Waals surface area contributed by atoms with Gasteiger partial charge in [-0.15, -0.1) is 10.2 Å². The summed E-state index contributed by atoms with van der Waals surface area (Å²) in [6, 6.07) is 9.87. The summed E-state index contributed by atoms with van der Waals surface area (Å²) in [4.78, 5) is 34.0. The number of β-amino-alcohol motifs (C(OH)–C–C–N with tert-alkyl or cyclic N) is 1. The van der Waals surface area contributed by atoms with Crippen molar-refractivity contribution in [3.8, 4) is 22.9 Å². The second-order valence-corrected chi connectivity index (χ2v) is 18.0. The van der Waals surface area contributed by atoms with Crippen LogP contribution in [0.5, 0.6) is 11.6 Å². The van der Waals surface area contributed by atoms with E-state index in [-0.39, 0.29) is 36.1 Å². The molecule has 0 unspecified atom stereocenters. The normalized spacial score (nSPS) is 23.9. The van der Waals surface area contributed by atoms with E-state index in [9.17, 15) is 19.8 Å². The van der Waals surface area contributed by atoms with Gasteiger partial charge in [-0.05, 0) is 86.3 Å². The molecule has 8 rings (SSSR count). The Hall–Kier alpha value is -4.55. The van der Waals surface area contributed by atoms with Crippen LogP contribution in [0, 0.1) is 11.3 Å². The van der Waals surface area contributed by atoms with Crippen molar-refractivity contribution in [1.29, 1.82) is 0 Å². The van der Waals surface area contributed by atoms with Gasteiger partial charge in [-0.3, -0.25) is 19.4 Å². The lowest BCUT2D eigenvalue weighted by molar-refractivity contribution is -0.139. The van der Waals surface area contributed by atoms with Crippen molar-refractivity contribution in [3.63, 3.8) is 0 Å². The van der Waals surface area contributed by atoms with Gasteiger partial charge in [0.05, 0.1) is 42.4 Å². The lowest BCUT2D eigenvalue weighted by Gasteiger charge is -2.52. The second-order valence-electron chi connectivity index (χ2n) is 18.0. The number of nitrogen functional groups attached to an aromatic ring is 1. The maximum Gasteiger partial charge on any atom is 0.254 e. The predicted molar refractivity (Wildman–Crippen MR) is 222 cm³/mol. The number of aliphatic hydroxyl groups is 1. The fraction of sp³-hybridized carbons (Fsp3) is 0.651. The number of hydrogen-bond donors (Lipinski definition) is 4. The van der Waals surface area contributed by atoms with Gasteiger partial charge in [0.1, 0.15) is 24.3 Å². The number of ether oxygens (including phenoxy) is 3. The zero-order valence-electron chi connectivity index (χ0n) is 34.9. The zero-order chi connectivity index (χ0) is 42.0. The molecule has 0 radical (unpaired) electrons. The summed E-state index contributed by atoms with van der Waals surface area (Å²) in [5, 5.41) is 33.0. The number of aromatic hydroxyl groups is 1. The predicted octanol–water partition coefficient (Wildman–Crippen LogP) is 2.62. The van der Waals surface area contributed by atoms with E-state index in [0.29, 0.717) is 46.8 Å². The molecule has 1 aromatic carbocycles. The van der Waals surface area contributed by atoms with Crippen molar-refractivity contribution >= 4 is 23.3 Å². The number of amides is 2. The number of carbonyl (C=O) groups is 2. The van der Waals surface area contributed by atoms with Crippen molar-refractivity contribution < 1.29 is 38.5 Å². The molecule has 0 bridgehead atoms. The molecule has 60 heavy (non-hydrogen) atoms. The van der Waals surface area contributed by atoms with E-state index in [1.165, 1.54) is 4.90 Å². The maximum atomic E-state index is 13.5. The molecule has 4 saturated heterocycles. The number of para-hydroxylation sites is 1. The Bertz CT molecular complexity index is 1960. The summed E-state index contributed by atoms with van der Waals surface area (Å²) in [6.07, 6.45) is 5.98. The second kappa shape index (κ2) is 17.8. The Kier molecular flexibility index (Phi) is 12.5. The van der Waals surface area contributed by atoms with Gasteiger partial charge < -0.3 is 50.2 Å². The number of primary amides is 1. The highest BCUT2D eigenvalue weighted by Gasteiger charge is 2.47. The number of morpholine rings is 1. The average Bonchev–Trinajstić information content (AvgIpc) is 3.85. The minimum atomic E-state index is -0.840. The molecule has 3 aromatic rings. The van der Waals surface area contributed by atoms with Gasteiger partial charge in [0.2, 0.25) is 11.8 Å². The Morgan fingerprint density at radius 3 is 2.47 bits per heavy atom. The molecule has 4 aliphatic heterocycles. The molecule has 5 fully saturated rings. The summed E-state index contributed by atoms with van der Waals surface area (Å²) in [5.74, 6) is -0.510. The van der Waals surface area contributed by atoms with E-state index >= 15 is 0 Å². The summed E-state index contributed by atoms with van der Waals surface area (Å²) in [6.45, 7) is 12.9. The van der Waals surface area contributed by atoms with E-state index in [1.807, 2.05) is 32.0 Å². The van der Waals surface area contributed by atoms with Gasteiger partial charge >= 0.3 is 0 Å². The minimum absolute atomic E-state index is 0.0606. The zero-order valence-corrected chi connectivity index (χ0v) is 34.9. The largest absolute Gasteiger partial charge is 0.507 e. The topological polar surface area (TPSA) is 219 Å². The molecule has 1 aliphatic carbocycles. The van der Waals surface area contributed by atoms with Crippen molar-refractivity contribution in [3.05, 3.63) is 42.2 Å². The number of aliphatic hydroxyl groups excluding tert-OH is 1. The molecule has 6 heterocycles. The van der Waals surface area contributed by atoms with E-state index in [1.54, 1.807) is 18.2 Å². The number of rotatable bonds is 14. The van der Waals surface area contributed by atoms with Crippen LogP contribution in [0.3, 0.4) is 0 Å². The third-order valence-electron chi connectivity index (χ3n) is 13.6. The fourth-order valence-electron chi connectivity index (χ4n) is 10.1. The van der Waals surface area contributed by atoms with Gasteiger partial charge in [-0.2, -0.15) is 0 Å². The SMILES string of the molecule is CC(C)[C@@H](C(=O)N1C[C@H](O)C[C@H]1C(N)=O)c1cc(OCCN2CCC3(CC2)CC(OCCN2CCOC4(CCN(c5cc(-c6ccccc6O)nnc5N)CC4)C2)C3)no1. The van der Waals surface area contributed by atoms with Crippen LogP contribution in [0.1, 0.15) is 70.5 Å². The van der Waals surface area contributed by atoms with Crippen LogP contribution in [-0.2, 0) is 19.1 Å². The number of phenols is 1. The highest BCUT2D eigenvalue weighted by molar-refractivity contribution is 5.90. The Morgan fingerprint density at radius 1 is 0.983 bits per heavy atom. The molecule has 326 valence electrons. The van der Waals surface area contributed by atoms with Crippen molar-refractivity contribution in [2.75, 3.05) is 89.4 Å². The van der Waals surface area contributed by atoms with Crippen LogP contribution in [0.4, 0.5) is 11.5 Å². The van der Waals surface area contributed by atoms with Crippen LogP contribution < -0.4 is 21.1 Å². The quantitative estimate of drug-likeness (QED) is 0.184. The highest BCUT2D eigenvalue weighted by Crippen LogP contribution is 2.50. The van der Waals surface area contributed by atoms with Crippen molar-refractivity contribution in [2.24, 2.45) is 17.1 Å². The number of piperidine rings is 2. The van der Waals surface area contributed by atoms with Crippen LogP contribution >= 0.6 is 0 Å². The standard InChI is InChI=1S/C43H61N9O8/c1-28(2)38(41(56)52-26-29(53)21-34(52)40(45)55)36-23-37(48-60-36)58-19-15-49-11-7-42(8-12-49)24-30(25-42)57-18-16-50-17-20-59-43(27-50)9-13-51(14-10-43)33-22-32(46-47-39(33)44)31-5-3-4-6-35(31)54/h3-6,22-23,28-30,34,38,53-54H,7-21,24-27H2,1-2H3,(H2,44,47)(H2,45,55)/t29-,34+,38-/m1/s1. The van der Waals surface area contributed by atoms with Gasteiger partial charge in [-0.25, -0.2) is 0 Å². The Morgan fingerprint density at radius 2 is 1.73 bits per heavy atom. The van der Waals surface area contributed by atoms with Crippen LogP contribution in [0.15, 0.2) is 40.9 Å². The van der Waals surface area contributed by atoms with E-state index < -0.39 is 24.0 Å². The van der Waals surface area contributed by atoms with Gasteiger partial charge in [-0.1, -0.05) is 26.0 Å². The summed E-state index contributed by atoms with van der Waals surface area (Å²) < 4.78 is 24.4. The number of hydrogen-bond acceptors (Lipinski definition) is 15. The summed E-state index contributed by atoms with van der Waals surface area (Å²) in [5.41, 5.74) is 14.1. The number of nitrogens with zero attached hydrogens (tertiary/aromatic N) is 7. The number of benzene rings is 1. The molecular formula is C43H61N9O8. The molecule has 17 heteroatoms. The van der Waals surface area contributed by atoms with Crippen LogP contribution in [0.2, 0.25) is 0 Å². The van der Waals surface area contributed by atoms with Gasteiger partial charge in [0.15, 0.2) is 11.6 Å². The van der Waals surface area contributed by atoms with E-state index in [4.69, 9.17) is 30.2 Å². The molecule has 2 aromatic heterocycles. The van der Waals surface area contributed by atoms with E-state index in [2.05, 4.69) is 30.1 Å². The van der Waals surface area contributed by atoms with Crippen LogP contribution in [-0.4, -0.2) is 155 Å². The number of aromatic nitrogens is 3. The molecular weight excluding hydrogens is 771 g/mol. The molecule has 2 spiro atoms. The first-order chi connectivity index (χ1) is 28.9. The molecule has 2 amide bonds. The number of carbonyl (C=O) groups excluding carboxylic acids is 2. The van der Waals surface area contributed by atoms with Crippen molar-refractivity contribution in [2.45, 2.75) is 88.6 Å². The highest BCUT2D eigenvalue weighted by atomic mass is 16.5. The van der Waals surface area contributed by atoms with Crippen LogP contribution in [0.25, 0.3) is 11.3 Å². The average molecular weight is 832 g/mol. The third kappa shape index (κ3) is 9.20. The van der Waals surface area contributed by atoms with Crippen molar-refractivity contribution in [1.82, 2.24) is 30.1 Å². The third-order valence-corrected chi connectivity index (χ3v) is 13.6. The number of phenolic OH excluding ortho intramolecular Hbond substituents is 1. The number of anilines is 2. The first-order valence-electron chi connectivity index (χ1n) is 21.6. The van der Waals surface area contributed by atoms with Gasteiger partial charge in [0, 0.05) is 63.9 Å². The Balaban J connectivity index is 0.722. The van der Waals surface area contributed by atoms with E-state index in [0.717, 1.165) is 110 Å². The maximum absolute atomic E-state index is 13.5. The Labute approximate surface area is 351 Å². The molecule has 1 saturated carbocycles. The fourth-order valence-corrected chi connectivity index (χ4v) is 10.1. The smallest absolute Gasteiger partial charge is 0.254 e. The lowest BCUT2D eigenvalue weighted by atomic mass is 9.61. The molecule has 5 aliphatic rings. The first-order valence-corrected chi connectivity index (χ1v) is 21.6. The first kappa shape index (κ1) is 42.2. The number of nitrogens with two attached hydrogens (primary N) is 2. The monoisotopic (exact) mass is 831 g/mol. The summed E-state index contributed by atoms with van der Waals surface area (Å²) in [7, 11) is 0. The molecule has 6 N–H and O–H groups in total.